The second-order valence-electron chi connectivity index (χ2n) is 6.63. The summed E-state index contributed by atoms with van der Waals surface area (Å²) in [7, 11) is 0. The quantitative estimate of drug-likeness (QED) is 0.393. The summed E-state index contributed by atoms with van der Waals surface area (Å²) in [5.41, 5.74) is 0. The topological polar surface area (TPSA) is 54.2 Å². The molecular weight excluding hydrogens is 286 g/mol. The zero-order valence-corrected chi connectivity index (χ0v) is 15.6. The predicted molar refractivity (Wildman–Crippen MR) is 98.6 cm³/mol. The van der Waals surface area contributed by atoms with Crippen LogP contribution in [0.25, 0.3) is 0 Å². The molecule has 1 aromatic heterocycles. The van der Waals surface area contributed by atoms with E-state index in [1.807, 2.05) is 12.4 Å². The van der Waals surface area contributed by atoms with Crippen molar-refractivity contribution in [3.05, 3.63) is 18.2 Å². The van der Waals surface area contributed by atoms with Gasteiger partial charge in [-0.2, -0.15) is 0 Å². The lowest BCUT2D eigenvalue weighted by Crippen LogP contribution is -2.42. The molecule has 1 atom stereocenters. The van der Waals surface area contributed by atoms with E-state index in [4.69, 9.17) is 4.99 Å². The van der Waals surface area contributed by atoms with Crippen LogP contribution in [0.1, 0.15) is 66.1 Å². The van der Waals surface area contributed by atoms with Crippen LogP contribution in [0.2, 0.25) is 0 Å². The Kier molecular flexibility index (Phi) is 9.41. The third kappa shape index (κ3) is 8.05. The summed E-state index contributed by atoms with van der Waals surface area (Å²) in [4.78, 5) is 9.14. The van der Waals surface area contributed by atoms with Gasteiger partial charge in [0, 0.05) is 31.5 Å². The molecule has 0 fully saturated rings. The van der Waals surface area contributed by atoms with Crippen molar-refractivity contribution in [3.8, 4) is 0 Å². The molecule has 0 saturated carbocycles. The number of hydrogen-bond donors (Lipinski definition) is 2. The number of guanidine groups is 1. The fraction of sp³-hybridized carbons (Fsp3) is 0.778. The van der Waals surface area contributed by atoms with Gasteiger partial charge < -0.3 is 15.2 Å². The Morgan fingerprint density at radius 1 is 1.26 bits per heavy atom. The van der Waals surface area contributed by atoms with Crippen molar-refractivity contribution < 1.29 is 0 Å². The van der Waals surface area contributed by atoms with Gasteiger partial charge in [0.2, 0.25) is 0 Å². The molecule has 0 radical (unpaired) electrons. The van der Waals surface area contributed by atoms with Crippen molar-refractivity contribution in [1.29, 1.82) is 0 Å². The van der Waals surface area contributed by atoms with E-state index < -0.39 is 0 Å². The first-order chi connectivity index (χ1) is 11.1. The Bertz CT molecular complexity index is 450. The monoisotopic (exact) mass is 321 g/mol. The molecule has 0 spiro atoms. The van der Waals surface area contributed by atoms with Crippen LogP contribution in [0.3, 0.4) is 0 Å². The molecule has 5 nitrogen and oxygen atoms in total. The van der Waals surface area contributed by atoms with Crippen LogP contribution in [-0.2, 0) is 13.1 Å². The fourth-order valence-electron chi connectivity index (χ4n) is 2.53. The molecule has 0 aliphatic rings. The van der Waals surface area contributed by atoms with E-state index in [1.54, 1.807) is 0 Å². The first kappa shape index (κ1) is 19.5. The Morgan fingerprint density at radius 3 is 2.70 bits per heavy atom. The summed E-state index contributed by atoms with van der Waals surface area (Å²) in [6.45, 7) is 13.5. The average Bonchev–Trinajstić information content (AvgIpc) is 2.91. The lowest BCUT2D eigenvalue weighted by Gasteiger charge is -2.18. The van der Waals surface area contributed by atoms with E-state index in [1.165, 1.54) is 25.7 Å². The molecule has 23 heavy (non-hydrogen) atoms. The molecule has 0 saturated heterocycles. The number of aromatic nitrogens is 2. The maximum absolute atomic E-state index is 4.70. The van der Waals surface area contributed by atoms with Gasteiger partial charge in [0.15, 0.2) is 5.96 Å². The fourth-order valence-corrected chi connectivity index (χ4v) is 2.53. The summed E-state index contributed by atoms with van der Waals surface area (Å²) in [6.07, 6.45) is 8.91. The van der Waals surface area contributed by atoms with Crippen molar-refractivity contribution >= 4 is 5.96 Å². The molecule has 0 aromatic carbocycles. The number of nitrogens with zero attached hydrogens (tertiary/aromatic N) is 3. The third-order valence-electron chi connectivity index (χ3n) is 3.71. The highest BCUT2D eigenvalue weighted by Gasteiger charge is 2.07. The Morgan fingerprint density at radius 2 is 2.04 bits per heavy atom. The standard InChI is InChI=1S/C18H35N5/c1-6-8-9-10-16(5)22-18(19-7-2)21-13-17-20-11-12-23(17)14-15(3)4/h11-12,15-16H,6-10,13-14H2,1-5H3,(H2,19,21,22). The number of hydrogen-bond acceptors (Lipinski definition) is 2. The van der Waals surface area contributed by atoms with E-state index in [9.17, 15) is 0 Å². The highest BCUT2D eigenvalue weighted by molar-refractivity contribution is 5.79. The highest BCUT2D eigenvalue weighted by atomic mass is 15.2. The Balaban J connectivity index is 2.59. The number of unbranched alkanes of at least 4 members (excludes halogenated alkanes) is 2. The summed E-state index contributed by atoms with van der Waals surface area (Å²) < 4.78 is 2.20. The molecule has 1 unspecified atom stereocenters. The van der Waals surface area contributed by atoms with E-state index in [-0.39, 0.29) is 0 Å². The second-order valence-corrected chi connectivity index (χ2v) is 6.63. The zero-order chi connectivity index (χ0) is 17.1. The number of aliphatic imine (C=N–C) groups is 1. The normalized spacial score (nSPS) is 13.4. The van der Waals surface area contributed by atoms with E-state index in [0.29, 0.717) is 18.5 Å². The maximum atomic E-state index is 4.70. The van der Waals surface area contributed by atoms with Crippen molar-refractivity contribution in [3.63, 3.8) is 0 Å². The lowest BCUT2D eigenvalue weighted by molar-refractivity contribution is 0.506. The van der Waals surface area contributed by atoms with Crippen LogP contribution in [-0.4, -0.2) is 28.1 Å². The van der Waals surface area contributed by atoms with Gasteiger partial charge in [-0.25, -0.2) is 9.98 Å². The van der Waals surface area contributed by atoms with E-state index in [0.717, 1.165) is 24.9 Å². The van der Waals surface area contributed by atoms with Crippen molar-refractivity contribution in [1.82, 2.24) is 20.2 Å². The first-order valence-corrected chi connectivity index (χ1v) is 9.11. The molecule has 1 rings (SSSR count). The van der Waals surface area contributed by atoms with Gasteiger partial charge >= 0.3 is 0 Å². The largest absolute Gasteiger partial charge is 0.357 e. The van der Waals surface area contributed by atoms with E-state index >= 15 is 0 Å². The second kappa shape index (κ2) is 11.1. The number of rotatable bonds is 10. The Labute approximate surface area is 142 Å². The molecule has 0 aliphatic carbocycles. The summed E-state index contributed by atoms with van der Waals surface area (Å²) in [5.74, 6) is 2.52. The molecule has 0 amide bonds. The van der Waals surface area contributed by atoms with Gasteiger partial charge in [0.05, 0.1) is 0 Å². The smallest absolute Gasteiger partial charge is 0.191 e. The predicted octanol–water partition coefficient (Wildman–Crippen LogP) is 3.56. The van der Waals surface area contributed by atoms with Crippen LogP contribution in [0.15, 0.2) is 17.4 Å². The first-order valence-electron chi connectivity index (χ1n) is 9.11. The summed E-state index contributed by atoms with van der Waals surface area (Å²) in [5, 5.41) is 6.83. The summed E-state index contributed by atoms with van der Waals surface area (Å²) in [6, 6.07) is 0.440. The highest BCUT2D eigenvalue weighted by Crippen LogP contribution is 2.06. The number of nitrogens with one attached hydrogen (secondary N) is 2. The third-order valence-corrected chi connectivity index (χ3v) is 3.71. The van der Waals surface area contributed by atoms with Gasteiger partial charge in [-0.05, 0) is 26.2 Å². The molecule has 132 valence electrons. The van der Waals surface area contributed by atoms with Crippen LogP contribution < -0.4 is 10.6 Å². The molecule has 1 aromatic rings. The SMILES string of the molecule is CCCCCC(C)NC(=NCc1nccn1CC(C)C)NCC. The summed E-state index contributed by atoms with van der Waals surface area (Å²) >= 11 is 0. The molecule has 0 aliphatic heterocycles. The zero-order valence-electron chi connectivity index (χ0n) is 15.6. The van der Waals surface area contributed by atoms with Gasteiger partial charge in [0.25, 0.3) is 0 Å². The maximum Gasteiger partial charge on any atom is 0.191 e. The molecule has 5 heteroatoms. The van der Waals surface area contributed by atoms with Gasteiger partial charge in [0.1, 0.15) is 12.4 Å². The van der Waals surface area contributed by atoms with Crippen LogP contribution in [0.5, 0.6) is 0 Å². The van der Waals surface area contributed by atoms with Gasteiger partial charge in [-0.1, -0.05) is 40.0 Å². The minimum atomic E-state index is 0.440. The van der Waals surface area contributed by atoms with Crippen molar-refractivity contribution in [2.75, 3.05) is 6.54 Å². The van der Waals surface area contributed by atoms with Crippen molar-refractivity contribution in [2.45, 2.75) is 79.4 Å². The molecule has 1 heterocycles. The average molecular weight is 322 g/mol. The van der Waals surface area contributed by atoms with Crippen LogP contribution in [0, 0.1) is 5.92 Å². The van der Waals surface area contributed by atoms with Gasteiger partial charge in [-0.15, -0.1) is 0 Å². The minimum absolute atomic E-state index is 0.440. The minimum Gasteiger partial charge on any atom is -0.357 e. The molecule has 2 N–H and O–H groups in total. The lowest BCUT2D eigenvalue weighted by atomic mass is 10.1. The van der Waals surface area contributed by atoms with E-state index in [2.05, 4.69) is 54.8 Å². The molecular formula is C18H35N5. The molecule has 0 bridgehead atoms. The Hall–Kier alpha value is -1.52. The van der Waals surface area contributed by atoms with Crippen LogP contribution in [0.4, 0.5) is 0 Å². The van der Waals surface area contributed by atoms with Crippen LogP contribution >= 0.6 is 0 Å². The van der Waals surface area contributed by atoms with Gasteiger partial charge in [-0.3, -0.25) is 0 Å². The van der Waals surface area contributed by atoms with Crippen molar-refractivity contribution in [2.24, 2.45) is 10.9 Å². The number of imidazole rings is 1.